The molecule has 2 aliphatic rings. The maximum absolute atomic E-state index is 12.6. The van der Waals surface area contributed by atoms with Crippen LogP contribution in [0.15, 0.2) is 0 Å². The summed E-state index contributed by atoms with van der Waals surface area (Å²) in [7, 11) is 0. The molecule has 3 rings (SSSR count). The van der Waals surface area contributed by atoms with E-state index >= 15 is 0 Å². The van der Waals surface area contributed by atoms with Crippen LogP contribution in [0.3, 0.4) is 0 Å². The van der Waals surface area contributed by atoms with Gasteiger partial charge in [-0.15, -0.1) is 11.3 Å². The van der Waals surface area contributed by atoms with Gasteiger partial charge in [-0.3, -0.25) is 4.79 Å². The number of carbonyl (C=O) groups is 2. The summed E-state index contributed by atoms with van der Waals surface area (Å²) >= 11 is 1.59. The van der Waals surface area contributed by atoms with Crippen molar-refractivity contribution in [1.82, 2.24) is 10.2 Å². The van der Waals surface area contributed by atoms with Gasteiger partial charge in [0.1, 0.15) is 16.7 Å². The van der Waals surface area contributed by atoms with E-state index < -0.39 is 5.60 Å². The molecule has 1 aromatic rings. The predicted molar refractivity (Wildman–Crippen MR) is 127 cm³/mol. The minimum atomic E-state index is -0.482. The van der Waals surface area contributed by atoms with Gasteiger partial charge in [0.2, 0.25) is 5.91 Å². The quantitative estimate of drug-likeness (QED) is 0.612. The molecule has 0 unspecified atom stereocenters. The van der Waals surface area contributed by atoms with E-state index in [2.05, 4.69) is 21.6 Å². The summed E-state index contributed by atoms with van der Waals surface area (Å²) in [5.74, 6) is 0.416. The normalized spacial score (nSPS) is 17.7. The maximum Gasteiger partial charge on any atom is 0.407 e. The molecule has 0 saturated carbocycles. The number of hydrogen-bond donors (Lipinski definition) is 2. The molecule has 0 radical (unpaired) electrons. The smallest absolute Gasteiger partial charge is 0.407 e. The van der Waals surface area contributed by atoms with Crippen LogP contribution in [0.25, 0.3) is 0 Å². The number of piperidine rings is 1. The Kier molecular flexibility index (Phi) is 8.55. The number of aryl methyl sites for hydroxylation is 1. The van der Waals surface area contributed by atoms with Crippen LogP contribution in [0.2, 0.25) is 0 Å². The maximum atomic E-state index is 12.6. The molecule has 2 amide bonds. The minimum Gasteiger partial charge on any atom is -0.444 e. The Labute approximate surface area is 195 Å². The van der Waals surface area contributed by atoms with E-state index in [1.165, 1.54) is 11.3 Å². The van der Waals surface area contributed by atoms with Crippen LogP contribution in [0.4, 0.5) is 9.80 Å². The van der Waals surface area contributed by atoms with Gasteiger partial charge in [0.05, 0.1) is 5.56 Å². The minimum absolute atomic E-state index is 0.0216. The average molecular weight is 461 g/mol. The van der Waals surface area contributed by atoms with Gasteiger partial charge in [-0.1, -0.05) is 6.42 Å². The number of thiophene rings is 1. The number of rotatable bonds is 6. The highest BCUT2D eigenvalue weighted by Crippen LogP contribution is 2.37. The fourth-order valence-electron chi connectivity index (χ4n) is 4.35. The average Bonchev–Trinajstić information content (AvgIpc) is 2.89. The topological polar surface area (TPSA) is 94.5 Å². The van der Waals surface area contributed by atoms with Gasteiger partial charge >= 0.3 is 6.09 Å². The second-order valence-electron chi connectivity index (χ2n) is 9.85. The van der Waals surface area contributed by atoms with Crippen LogP contribution < -0.4 is 10.6 Å². The second kappa shape index (κ2) is 11.2. The summed E-state index contributed by atoms with van der Waals surface area (Å²) in [5, 5.41) is 16.2. The van der Waals surface area contributed by atoms with Crippen LogP contribution in [-0.4, -0.2) is 48.7 Å². The molecular formula is C24H36N4O3S. The molecule has 1 fully saturated rings. The van der Waals surface area contributed by atoms with E-state index in [4.69, 9.17) is 4.74 Å². The van der Waals surface area contributed by atoms with Gasteiger partial charge in [-0.05, 0) is 83.9 Å². The summed E-state index contributed by atoms with van der Waals surface area (Å²) in [4.78, 5) is 27.9. The molecule has 0 aromatic carbocycles. The summed E-state index contributed by atoms with van der Waals surface area (Å²) in [6, 6.07) is 2.33. The summed E-state index contributed by atoms with van der Waals surface area (Å²) in [5.41, 5.74) is 1.36. The molecule has 2 N–H and O–H groups in total. The standard InChI is InChI=1S/C24H36N4O3S/c1-24(2,3)31-23(30)26-16-17-9-12-28(13-10-17)14-11-21(29)27-22-19(15-25)18-7-5-4-6-8-20(18)32-22/h17H,4-14,16H2,1-3H3,(H,26,30)(H,27,29). The third kappa shape index (κ3) is 7.21. The summed E-state index contributed by atoms with van der Waals surface area (Å²) < 4.78 is 5.29. The van der Waals surface area contributed by atoms with Crippen LogP contribution in [0, 0.1) is 17.2 Å². The fourth-order valence-corrected chi connectivity index (χ4v) is 5.61. The first-order chi connectivity index (χ1) is 15.2. The molecule has 8 heteroatoms. The number of likely N-dealkylation sites (tertiary alicyclic amines) is 1. The highest BCUT2D eigenvalue weighted by molar-refractivity contribution is 7.16. The number of amides is 2. The number of hydrogen-bond acceptors (Lipinski definition) is 6. The van der Waals surface area contributed by atoms with E-state index in [1.807, 2.05) is 20.8 Å². The Hall–Kier alpha value is -2.11. The molecule has 0 bridgehead atoms. The van der Waals surface area contributed by atoms with Crippen LogP contribution in [-0.2, 0) is 22.4 Å². The number of anilines is 1. The first-order valence-electron chi connectivity index (χ1n) is 11.8. The van der Waals surface area contributed by atoms with Crippen molar-refractivity contribution in [2.75, 3.05) is 31.5 Å². The largest absolute Gasteiger partial charge is 0.444 e. The highest BCUT2D eigenvalue weighted by Gasteiger charge is 2.23. The van der Waals surface area contributed by atoms with E-state index in [1.54, 1.807) is 11.3 Å². The molecular weight excluding hydrogens is 424 g/mol. The molecule has 32 heavy (non-hydrogen) atoms. The van der Waals surface area contributed by atoms with Gasteiger partial charge in [0, 0.05) is 24.4 Å². The van der Waals surface area contributed by atoms with Crippen molar-refractivity contribution >= 4 is 28.3 Å². The zero-order valence-corrected chi connectivity index (χ0v) is 20.4. The van der Waals surface area contributed by atoms with E-state index in [-0.39, 0.29) is 12.0 Å². The van der Waals surface area contributed by atoms with Gasteiger partial charge < -0.3 is 20.3 Å². The van der Waals surface area contributed by atoms with Gasteiger partial charge in [0.15, 0.2) is 0 Å². The number of alkyl carbamates (subject to hydrolysis) is 1. The zero-order chi connectivity index (χ0) is 23.1. The fraction of sp³-hybridized carbons (Fsp3) is 0.708. The van der Waals surface area contributed by atoms with Crippen LogP contribution >= 0.6 is 11.3 Å². The number of nitrogens with zero attached hydrogens (tertiary/aromatic N) is 2. The van der Waals surface area contributed by atoms with Crippen molar-refractivity contribution in [2.24, 2.45) is 5.92 Å². The van der Waals surface area contributed by atoms with Crippen molar-refractivity contribution in [1.29, 1.82) is 5.26 Å². The number of fused-ring (bicyclic) bond motifs is 1. The molecule has 176 valence electrons. The monoisotopic (exact) mass is 460 g/mol. The van der Waals surface area contributed by atoms with Gasteiger partial charge in [0.25, 0.3) is 0 Å². The number of nitriles is 1. The third-order valence-electron chi connectivity index (χ3n) is 6.08. The number of carbonyl (C=O) groups excluding carboxylic acids is 2. The summed E-state index contributed by atoms with van der Waals surface area (Å²) in [6.45, 7) is 8.76. The molecule has 1 aromatic heterocycles. The molecule has 0 spiro atoms. The molecule has 1 aliphatic heterocycles. The van der Waals surface area contributed by atoms with E-state index in [0.717, 1.165) is 62.2 Å². The van der Waals surface area contributed by atoms with Crippen molar-refractivity contribution in [3.8, 4) is 6.07 Å². The number of ether oxygens (including phenoxy) is 1. The lowest BCUT2D eigenvalue weighted by Gasteiger charge is -2.32. The lowest BCUT2D eigenvalue weighted by atomic mass is 9.97. The molecule has 7 nitrogen and oxygen atoms in total. The van der Waals surface area contributed by atoms with Crippen LogP contribution in [0.1, 0.15) is 75.3 Å². The number of nitrogens with one attached hydrogen (secondary N) is 2. The molecule has 2 heterocycles. The Morgan fingerprint density at radius 2 is 1.91 bits per heavy atom. The Balaban J connectivity index is 1.39. The van der Waals surface area contributed by atoms with Gasteiger partial charge in [-0.2, -0.15) is 5.26 Å². The van der Waals surface area contributed by atoms with E-state index in [0.29, 0.717) is 31.0 Å². The first kappa shape index (κ1) is 24.5. The zero-order valence-electron chi connectivity index (χ0n) is 19.6. The lowest BCUT2D eigenvalue weighted by Crippen LogP contribution is -2.40. The SMILES string of the molecule is CC(C)(C)OC(=O)NCC1CCN(CCC(=O)Nc2sc3c(c2C#N)CCCCC3)CC1. The Morgan fingerprint density at radius 3 is 2.59 bits per heavy atom. The second-order valence-corrected chi connectivity index (χ2v) is 11.0. The lowest BCUT2D eigenvalue weighted by molar-refractivity contribution is -0.116. The van der Waals surface area contributed by atoms with Crippen LogP contribution in [0.5, 0.6) is 0 Å². The van der Waals surface area contributed by atoms with Crippen molar-refractivity contribution in [2.45, 2.75) is 77.7 Å². The first-order valence-corrected chi connectivity index (χ1v) is 12.6. The van der Waals surface area contributed by atoms with Crippen molar-refractivity contribution in [3.05, 3.63) is 16.0 Å². The van der Waals surface area contributed by atoms with Gasteiger partial charge in [-0.25, -0.2) is 4.79 Å². The molecule has 0 atom stereocenters. The predicted octanol–water partition coefficient (Wildman–Crippen LogP) is 4.45. The highest BCUT2D eigenvalue weighted by atomic mass is 32.1. The van der Waals surface area contributed by atoms with Crippen molar-refractivity contribution < 1.29 is 14.3 Å². The molecule has 1 aliphatic carbocycles. The van der Waals surface area contributed by atoms with Crippen molar-refractivity contribution in [3.63, 3.8) is 0 Å². The van der Waals surface area contributed by atoms with E-state index in [9.17, 15) is 14.9 Å². The Bertz CT molecular complexity index is 845. The summed E-state index contributed by atoms with van der Waals surface area (Å²) in [6.07, 6.45) is 7.51. The Morgan fingerprint density at radius 1 is 1.19 bits per heavy atom. The third-order valence-corrected chi connectivity index (χ3v) is 7.29. The molecule has 1 saturated heterocycles.